The Morgan fingerprint density at radius 2 is 1.67 bits per heavy atom. The van der Waals surface area contributed by atoms with Crippen LogP contribution in [0.5, 0.6) is 5.75 Å². The van der Waals surface area contributed by atoms with Crippen molar-refractivity contribution in [2.75, 3.05) is 0 Å². The Morgan fingerprint density at radius 3 is 2.46 bits per heavy atom. The van der Waals surface area contributed by atoms with Crippen molar-refractivity contribution in [3.63, 3.8) is 0 Å². The lowest BCUT2D eigenvalue weighted by atomic mass is 10.0. The van der Waals surface area contributed by atoms with Gasteiger partial charge >= 0.3 is 0 Å². The number of hydrogen-bond donors (Lipinski definition) is 1. The molecule has 4 heteroatoms. The van der Waals surface area contributed by atoms with Crippen LogP contribution in [0, 0.1) is 0 Å². The van der Waals surface area contributed by atoms with E-state index in [0.717, 1.165) is 33.5 Å². The van der Waals surface area contributed by atoms with E-state index in [1.807, 2.05) is 54.7 Å². The van der Waals surface area contributed by atoms with Crippen molar-refractivity contribution in [3.05, 3.63) is 88.7 Å². The van der Waals surface area contributed by atoms with Crippen LogP contribution in [0.3, 0.4) is 0 Å². The van der Waals surface area contributed by atoms with Crippen LogP contribution in [-0.2, 0) is 6.42 Å². The monoisotopic (exact) mass is 378 g/mol. The lowest BCUT2D eigenvalue weighted by Crippen LogP contribution is -1.97. The second-order valence-corrected chi connectivity index (χ2v) is 6.58. The summed E-state index contributed by atoms with van der Waals surface area (Å²) >= 11 is 3.53. The van der Waals surface area contributed by atoms with E-state index in [1.54, 1.807) is 6.07 Å². The number of hydrogen-bond acceptors (Lipinski definition) is 2. The summed E-state index contributed by atoms with van der Waals surface area (Å²) in [6.45, 7) is 0. The first-order chi connectivity index (χ1) is 11.7. The van der Waals surface area contributed by atoms with Gasteiger partial charge in [-0.2, -0.15) is 0 Å². The van der Waals surface area contributed by atoms with E-state index in [9.17, 15) is 5.11 Å². The fraction of sp³-hybridized carbons (Fsp3) is 0.0500. The number of nitrogens with zero attached hydrogens (tertiary/aromatic N) is 2. The normalized spacial score (nSPS) is 11.0. The number of benzene rings is 2. The van der Waals surface area contributed by atoms with Gasteiger partial charge < -0.3 is 9.51 Å². The molecule has 2 aromatic carbocycles. The molecule has 0 saturated carbocycles. The molecule has 2 aromatic heterocycles. The topological polar surface area (TPSA) is 37.5 Å². The third-order valence-corrected chi connectivity index (χ3v) is 4.52. The largest absolute Gasteiger partial charge is 0.507 e. The van der Waals surface area contributed by atoms with Crippen molar-refractivity contribution in [2.45, 2.75) is 6.42 Å². The highest BCUT2D eigenvalue weighted by Gasteiger charge is 2.17. The van der Waals surface area contributed by atoms with E-state index in [2.05, 4.69) is 32.5 Å². The van der Waals surface area contributed by atoms with Crippen LogP contribution in [0.2, 0.25) is 0 Å². The summed E-state index contributed by atoms with van der Waals surface area (Å²) < 4.78 is 3.07. The molecule has 24 heavy (non-hydrogen) atoms. The van der Waals surface area contributed by atoms with Gasteiger partial charge in [-0.05, 0) is 45.8 Å². The number of phenolic OH excluding ortho intramolecular Hbond substituents is 1. The van der Waals surface area contributed by atoms with E-state index in [-0.39, 0.29) is 5.75 Å². The van der Waals surface area contributed by atoms with Crippen LogP contribution >= 0.6 is 15.9 Å². The van der Waals surface area contributed by atoms with Gasteiger partial charge in [-0.3, -0.25) is 0 Å². The number of imidazole rings is 1. The van der Waals surface area contributed by atoms with Crippen LogP contribution in [0.1, 0.15) is 11.3 Å². The molecule has 0 fully saturated rings. The second kappa shape index (κ2) is 6.13. The van der Waals surface area contributed by atoms with Crippen LogP contribution in [0.15, 0.2) is 77.4 Å². The summed E-state index contributed by atoms with van der Waals surface area (Å²) in [5.74, 6) is 0.245. The van der Waals surface area contributed by atoms with E-state index < -0.39 is 0 Å². The first-order valence-corrected chi connectivity index (χ1v) is 8.50. The molecule has 0 atom stereocenters. The number of rotatable bonds is 3. The minimum Gasteiger partial charge on any atom is -0.507 e. The molecule has 0 unspecified atom stereocenters. The number of halogens is 1. The summed E-state index contributed by atoms with van der Waals surface area (Å²) in [5, 5.41) is 10.3. The number of aromatic hydroxyl groups is 1. The summed E-state index contributed by atoms with van der Waals surface area (Å²) in [4.78, 5) is 4.76. The predicted molar refractivity (Wildman–Crippen MR) is 99.2 cm³/mol. The van der Waals surface area contributed by atoms with E-state index >= 15 is 0 Å². The lowest BCUT2D eigenvalue weighted by molar-refractivity contribution is 0.477. The molecule has 4 rings (SSSR count). The minimum atomic E-state index is 0.245. The molecule has 0 aliphatic heterocycles. The van der Waals surface area contributed by atoms with Crippen molar-refractivity contribution in [1.82, 2.24) is 9.38 Å². The standard InChI is InChI=1S/C20H15BrN2O/c21-15-10-11-19-22-20(16-8-4-5-9-18(16)24)17(23(19)13-15)12-14-6-2-1-3-7-14/h1-11,13,24H,12H2. The van der Waals surface area contributed by atoms with Gasteiger partial charge in [0.05, 0.1) is 11.4 Å². The van der Waals surface area contributed by atoms with Gasteiger partial charge in [-0.15, -0.1) is 0 Å². The van der Waals surface area contributed by atoms with Gasteiger partial charge in [0.15, 0.2) is 0 Å². The van der Waals surface area contributed by atoms with E-state index in [0.29, 0.717) is 0 Å². The van der Waals surface area contributed by atoms with Crippen LogP contribution in [0.25, 0.3) is 16.9 Å². The summed E-state index contributed by atoms with van der Waals surface area (Å²) in [7, 11) is 0. The molecule has 0 spiro atoms. The second-order valence-electron chi connectivity index (χ2n) is 5.66. The molecular weight excluding hydrogens is 364 g/mol. The van der Waals surface area contributed by atoms with Crippen molar-refractivity contribution in [1.29, 1.82) is 0 Å². The van der Waals surface area contributed by atoms with Crippen LogP contribution < -0.4 is 0 Å². The number of aromatic nitrogens is 2. The number of fused-ring (bicyclic) bond motifs is 1. The third kappa shape index (κ3) is 2.69. The number of phenols is 1. The third-order valence-electron chi connectivity index (χ3n) is 4.05. The summed E-state index contributed by atoms with van der Waals surface area (Å²) in [5.41, 5.74) is 4.69. The van der Waals surface area contributed by atoms with Gasteiger partial charge in [-0.1, -0.05) is 42.5 Å². The first-order valence-electron chi connectivity index (χ1n) is 7.71. The minimum absolute atomic E-state index is 0.245. The molecule has 3 nitrogen and oxygen atoms in total. The van der Waals surface area contributed by atoms with E-state index in [4.69, 9.17) is 4.98 Å². The molecule has 2 heterocycles. The molecule has 0 radical (unpaired) electrons. The SMILES string of the molecule is Oc1ccccc1-c1nc2ccc(Br)cn2c1Cc1ccccc1. The molecular formula is C20H15BrN2O. The van der Waals surface area contributed by atoms with Crippen molar-refractivity contribution in [2.24, 2.45) is 0 Å². The molecule has 0 aliphatic carbocycles. The maximum atomic E-state index is 10.3. The highest BCUT2D eigenvalue weighted by molar-refractivity contribution is 9.10. The molecule has 1 N–H and O–H groups in total. The van der Waals surface area contributed by atoms with Crippen molar-refractivity contribution in [3.8, 4) is 17.0 Å². The Morgan fingerprint density at radius 1 is 0.917 bits per heavy atom. The average Bonchev–Trinajstić information content (AvgIpc) is 2.94. The lowest BCUT2D eigenvalue weighted by Gasteiger charge is -2.07. The number of pyridine rings is 1. The van der Waals surface area contributed by atoms with Gasteiger partial charge in [0.25, 0.3) is 0 Å². The van der Waals surface area contributed by atoms with Crippen LogP contribution in [-0.4, -0.2) is 14.5 Å². The molecule has 118 valence electrons. The molecule has 4 aromatic rings. The Hall–Kier alpha value is -2.59. The highest BCUT2D eigenvalue weighted by atomic mass is 79.9. The summed E-state index contributed by atoms with van der Waals surface area (Å²) in [6, 6.07) is 21.6. The Kier molecular flexibility index (Phi) is 3.82. The van der Waals surface area contributed by atoms with Crippen molar-refractivity contribution >= 4 is 21.6 Å². The average molecular weight is 379 g/mol. The van der Waals surface area contributed by atoms with Gasteiger partial charge in [-0.25, -0.2) is 4.98 Å². The van der Waals surface area contributed by atoms with Gasteiger partial charge in [0.1, 0.15) is 11.4 Å². The maximum absolute atomic E-state index is 10.3. The molecule has 0 saturated heterocycles. The van der Waals surface area contributed by atoms with Gasteiger partial charge in [0, 0.05) is 22.7 Å². The first kappa shape index (κ1) is 15.0. The van der Waals surface area contributed by atoms with Gasteiger partial charge in [0.2, 0.25) is 0 Å². The molecule has 0 amide bonds. The Labute approximate surface area is 148 Å². The smallest absolute Gasteiger partial charge is 0.137 e. The fourth-order valence-electron chi connectivity index (χ4n) is 2.92. The zero-order chi connectivity index (χ0) is 16.5. The van der Waals surface area contributed by atoms with Crippen LogP contribution in [0.4, 0.5) is 0 Å². The molecule has 0 bridgehead atoms. The predicted octanol–water partition coefficient (Wildman–Crippen LogP) is 5.06. The zero-order valence-corrected chi connectivity index (χ0v) is 14.4. The van der Waals surface area contributed by atoms with E-state index in [1.165, 1.54) is 5.56 Å². The number of para-hydroxylation sites is 1. The highest BCUT2D eigenvalue weighted by Crippen LogP contribution is 2.33. The molecule has 0 aliphatic rings. The Balaban J connectivity index is 1.96. The Bertz CT molecular complexity index is 1010. The van der Waals surface area contributed by atoms with Crippen molar-refractivity contribution < 1.29 is 5.11 Å². The summed E-state index contributed by atoms with van der Waals surface area (Å²) in [6.07, 6.45) is 2.76. The maximum Gasteiger partial charge on any atom is 0.137 e. The quantitative estimate of drug-likeness (QED) is 0.540. The fourth-order valence-corrected chi connectivity index (χ4v) is 3.25. The zero-order valence-electron chi connectivity index (χ0n) is 12.9.